The lowest BCUT2D eigenvalue weighted by Crippen LogP contribution is -2.49. The van der Waals surface area contributed by atoms with Gasteiger partial charge in [-0.15, -0.1) is 0 Å². The molecule has 1 saturated heterocycles. The largest absolute Gasteiger partial charge is 0.350 e. The average Bonchev–Trinajstić information content (AvgIpc) is 2.58. The van der Waals surface area contributed by atoms with E-state index in [0.717, 1.165) is 23.6 Å². The van der Waals surface area contributed by atoms with Crippen molar-refractivity contribution in [2.75, 3.05) is 28.3 Å². The number of carbonyl (C=O) groups excluding carboxylic acids is 1. The van der Waals surface area contributed by atoms with E-state index >= 15 is 0 Å². The Morgan fingerprint density at radius 1 is 1.45 bits per heavy atom. The maximum absolute atomic E-state index is 12.0. The normalized spacial score (nSPS) is 24.6. The highest BCUT2D eigenvalue weighted by molar-refractivity contribution is 7.91. The molecule has 1 fully saturated rings. The first-order valence-electron chi connectivity index (χ1n) is 6.74. The summed E-state index contributed by atoms with van der Waals surface area (Å²) in [5, 5.41) is 7.31. The maximum atomic E-state index is 12.0. The average molecular weight is 298 g/mol. The van der Waals surface area contributed by atoms with Crippen molar-refractivity contribution in [3.05, 3.63) is 5.69 Å². The molecule has 1 aromatic heterocycles. The smallest absolute Gasteiger partial charge is 0.226 e. The molecule has 2 aliphatic heterocycles. The topological polar surface area (TPSA) is 84.3 Å². The van der Waals surface area contributed by atoms with Crippen LogP contribution >= 0.6 is 0 Å². The molecule has 7 nitrogen and oxygen atoms in total. The van der Waals surface area contributed by atoms with Crippen LogP contribution in [0.4, 0.5) is 11.5 Å². The van der Waals surface area contributed by atoms with Crippen LogP contribution in [0, 0.1) is 0 Å². The van der Waals surface area contributed by atoms with E-state index in [2.05, 4.69) is 10.4 Å². The number of amides is 1. The van der Waals surface area contributed by atoms with Gasteiger partial charge in [0.15, 0.2) is 15.7 Å². The standard InChI is InChI=1S/C12H18N4O3S/c1-3-9-11-12(15(2)14-9)16-4-5-20(18,19)7-8(16)6-10(17)13-11/h8H,3-7H2,1-2H3,(H,13,17). The van der Waals surface area contributed by atoms with E-state index < -0.39 is 9.84 Å². The van der Waals surface area contributed by atoms with Gasteiger partial charge in [0.25, 0.3) is 0 Å². The Morgan fingerprint density at radius 2 is 2.20 bits per heavy atom. The van der Waals surface area contributed by atoms with E-state index in [9.17, 15) is 13.2 Å². The first kappa shape index (κ1) is 13.4. The number of hydrogen-bond donors (Lipinski definition) is 1. The molecule has 2 aliphatic rings. The molecule has 3 heterocycles. The molecule has 20 heavy (non-hydrogen) atoms. The van der Waals surface area contributed by atoms with Crippen LogP contribution in [0.25, 0.3) is 0 Å². The summed E-state index contributed by atoms with van der Waals surface area (Å²) < 4.78 is 25.3. The second kappa shape index (κ2) is 4.47. The third kappa shape index (κ3) is 2.07. The predicted molar refractivity (Wildman–Crippen MR) is 75.6 cm³/mol. The Bertz CT molecular complexity index is 664. The zero-order chi connectivity index (χ0) is 14.5. The summed E-state index contributed by atoms with van der Waals surface area (Å²) in [4.78, 5) is 14.0. The summed E-state index contributed by atoms with van der Waals surface area (Å²) in [6.45, 7) is 2.40. The lowest BCUT2D eigenvalue weighted by atomic mass is 10.2. The van der Waals surface area contributed by atoms with Crippen molar-refractivity contribution in [1.29, 1.82) is 0 Å². The molecular formula is C12H18N4O3S. The Morgan fingerprint density at radius 3 is 2.90 bits per heavy atom. The molecule has 1 aromatic rings. The van der Waals surface area contributed by atoms with Crippen molar-refractivity contribution in [3.8, 4) is 0 Å². The van der Waals surface area contributed by atoms with E-state index in [-0.39, 0.29) is 29.9 Å². The molecule has 1 atom stereocenters. The number of hydrogen-bond acceptors (Lipinski definition) is 5. The second-order valence-electron chi connectivity index (χ2n) is 5.34. The predicted octanol–water partition coefficient (Wildman–Crippen LogP) is -0.0719. The van der Waals surface area contributed by atoms with Crippen LogP contribution in [-0.2, 0) is 28.1 Å². The van der Waals surface area contributed by atoms with Gasteiger partial charge in [0, 0.05) is 20.0 Å². The lowest BCUT2D eigenvalue weighted by Gasteiger charge is -2.35. The van der Waals surface area contributed by atoms with Gasteiger partial charge in [-0.2, -0.15) is 5.10 Å². The van der Waals surface area contributed by atoms with Gasteiger partial charge in [-0.1, -0.05) is 6.92 Å². The minimum Gasteiger partial charge on any atom is -0.350 e. The van der Waals surface area contributed by atoms with E-state index in [1.54, 1.807) is 4.68 Å². The molecule has 1 N–H and O–H groups in total. The van der Waals surface area contributed by atoms with Gasteiger partial charge in [0.05, 0.1) is 23.2 Å². The van der Waals surface area contributed by atoms with Gasteiger partial charge in [-0.05, 0) is 6.42 Å². The maximum Gasteiger partial charge on any atom is 0.226 e. The summed E-state index contributed by atoms with van der Waals surface area (Å²) in [7, 11) is -1.23. The number of rotatable bonds is 1. The van der Waals surface area contributed by atoms with Gasteiger partial charge >= 0.3 is 0 Å². The summed E-state index contributed by atoms with van der Waals surface area (Å²) in [5.74, 6) is 0.849. The Labute approximate surface area is 117 Å². The molecule has 0 bridgehead atoms. The van der Waals surface area contributed by atoms with Crippen LogP contribution in [0.2, 0.25) is 0 Å². The third-order valence-electron chi connectivity index (χ3n) is 3.91. The fourth-order valence-electron chi connectivity index (χ4n) is 3.01. The summed E-state index contributed by atoms with van der Waals surface area (Å²) in [6, 6.07) is -0.296. The van der Waals surface area contributed by atoms with Crippen LogP contribution < -0.4 is 10.2 Å². The van der Waals surface area contributed by atoms with Crippen molar-refractivity contribution in [2.24, 2.45) is 7.05 Å². The number of fused-ring (bicyclic) bond motifs is 3. The van der Waals surface area contributed by atoms with Gasteiger partial charge in [0.2, 0.25) is 5.91 Å². The lowest BCUT2D eigenvalue weighted by molar-refractivity contribution is -0.116. The van der Waals surface area contributed by atoms with Crippen LogP contribution in [0.3, 0.4) is 0 Å². The molecule has 0 aliphatic carbocycles. The van der Waals surface area contributed by atoms with Crippen molar-refractivity contribution in [3.63, 3.8) is 0 Å². The number of anilines is 2. The number of nitrogens with zero attached hydrogens (tertiary/aromatic N) is 3. The van der Waals surface area contributed by atoms with Crippen LogP contribution in [-0.4, -0.2) is 48.2 Å². The fourth-order valence-corrected chi connectivity index (χ4v) is 4.54. The number of sulfone groups is 1. The molecular weight excluding hydrogens is 280 g/mol. The summed E-state index contributed by atoms with van der Waals surface area (Å²) in [6.07, 6.45) is 0.928. The van der Waals surface area contributed by atoms with Gasteiger partial charge in [0.1, 0.15) is 5.69 Å². The van der Waals surface area contributed by atoms with Crippen LogP contribution in [0.1, 0.15) is 19.0 Å². The Balaban J connectivity index is 2.10. The Hall–Kier alpha value is -1.57. The zero-order valence-electron chi connectivity index (χ0n) is 11.6. The van der Waals surface area contributed by atoms with Crippen molar-refractivity contribution < 1.29 is 13.2 Å². The van der Waals surface area contributed by atoms with Crippen LogP contribution in [0.5, 0.6) is 0 Å². The molecule has 1 amide bonds. The van der Waals surface area contributed by atoms with Crippen molar-refractivity contribution >= 4 is 27.2 Å². The summed E-state index contributed by atoms with van der Waals surface area (Å²) in [5.41, 5.74) is 1.58. The van der Waals surface area contributed by atoms with Gasteiger partial charge < -0.3 is 10.2 Å². The molecule has 0 saturated carbocycles. The fraction of sp³-hybridized carbons (Fsp3) is 0.667. The van der Waals surface area contributed by atoms with Crippen molar-refractivity contribution in [2.45, 2.75) is 25.8 Å². The number of aromatic nitrogens is 2. The highest BCUT2D eigenvalue weighted by Crippen LogP contribution is 2.35. The minimum atomic E-state index is -3.06. The highest BCUT2D eigenvalue weighted by atomic mass is 32.2. The van der Waals surface area contributed by atoms with E-state index in [1.165, 1.54) is 0 Å². The molecule has 1 unspecified atom stereocenters. The zero-order valence-corrected chi connectivity index (χ0v) is 12.4. The Kier molecular flexibility index (Phi) is 3.00. The quantitative estimate of drug-likeness (QED) is 0.784. The third-order valence-corrected chi connectivity index (χ3v) is 5.61. The SMILES string of the molecule is CCc1nn(C)c2c1NC(=O)CC1CS(=O)(=O)CCN21. The number of carbonyl (C=O) groups is 1. The van der Waals surface area contributed by atoms with E-state index in [1.807, 2.05) is 18.9 Å². The first-order chi connectivity index (χ1) is 9.41. The molecule has 0 aromatic carbocycles. The number of nitrogens with one attached hydrogen (secondary N) is 1. The molecule has 8 heteroatoms. The van der Waals surface area contributed by atoms with E-state index in [0.29, 0.717) is 6.54 Å². The molecule has 110 valence electrons. The first-order valence-corrected chi connectivity index (χ1v) is 8.56. The van der Waals surface area contributed by atoms with Gasteiger partial charge in [-0.3, -0.25) is 9.48 Å². The highest BCUT2D eigenvalue weighted by Gasteiger charge is 2.38. The number of aryl methyl sites for hydroxylation is 2. The van der Waals surface area contributed by atoms with Crippen LogP contribution in [0.15, 0.2) is 0 Å². The second-order valence-corrected chi connectivity index (χ2v) is 7.57. The van der Waals surface area contributed by atoms with E-state index in [4.69, 9.17) is 0 Å². The monoisotopic (exact) mass is 298 g/mol. The minimum absolute atomic E-state index is 0.0342. The molecule has 0 radical (unpaired) electrons. The van der Waals surface area contributed by atoms with Gasteiger partial charge in [-0.25, -0.2) is 8.42 Å². The van der Waals surface area contributed by atoms with Crippen molar-refractivity contribution in [1.82, 2.24) is 9.78 Å². The molecule has 3 rings (SSSR count). The molecule has 0 spiro atoms. The summed E-state index contributed by atoms with van der Waals surface area (Å²) >= 11 is 0.